The van der Waals surface area contributed by atoms with Crippen LogP contribution in [0.1, 0.15) is 19.8 Å². The molecule has 3 nitrogen and oxygen atoms in total. The molecule has 0 radical (unpaired) electrons. The Morgan fingerprint density at radius 1 is 1.60 bits per heavy atom. The first-order valence-electron chi connectivity index (χ1n) is 3.46. The molecule has 1 heterocycles. The predicted molar refractivity (Wildman–Crippen MR) is 40.3 cm³/mol. The Bertz CT molecular complexity index is 189. The summed E-state index contributed by atoms with van der Waals surface area (Å²) in [6, 6.07) is 0. The summed E-state index contributed by atoms with van der Waals surface area (Å²) in [5.74, 6) is 0. The minimum absolute atomic E-state index is 1.10. The molecule has 0 aromatic carbocycles. The second-order valence-electron chi connectivity index (χ2n) is 2.06. The van der Waals surface area contributed by atoms with Crippen LogP contribution in [0.15, 0.2) is 18.5 Å². The fourth-order valence-corrected chi connectivity index (χ4v) is 0.646. The number of hydrogen-bond donors (Lipinski definition) is 0. The monoisotopic (exact) mass is 137 g/mol. The maximum absolute atomic E-state index is 3.77. The van der Waals surface area contributed by atoms with Gasteiger partial charge in [0, 0.05) is 6.20 Å². The van der Waals surface area contributed by atoms with E-state index in [9.17, 15) is 0 Å². The lowest BCUT2D eigenvalue weighted by molar-refractivity contribution is 0.834. The fourth-order valence-electron chi connectivity index (χ4n) is 0.646. The van der Waals surface area contributed by atoms with Gasteiger partial charge in [0.05, 0.1) is 12.4 Å². The van der Waals surface area contributed by atoms with Gasteiger partial charge in [-0.05, 0) is 6.42 Å². The van der Waals surface area contributed by atoms with Crippen molar-refractivity contribution in [2.24, 2.45) is 0 Å². The molecule has 0 spiro atoms. The van der Waals surface area contributed by atoms with E-state index in [4.69, 9.17) is 0 Å². The smallest absolute Gasteiger partial charge is 0.0697 e. The zero-order valence-electron chi connectivity index (χ0n) is 6.07. The van der Waals surface area contributed by atoms with E-state index in [1.807, 2.05) is 12.4 Å². The van der Waals surface area contributed by atoms with Crippen LogP contribution in [0, 0.1) is 0 Å². The molecular weight excluding hydrogens is 126 g/mol. The van der Waals surface area contributed by atoms with Crippen molar-refractivity contribution in [3.8, 4) is 0 Å². The maximum Gasteiger partial charge on any atom is 0.0697 e. The molecule has 0 aliphatic carbocycles. The normalized spacial score (nSPS) is 10.9. The Morgan fingerprint density at radius 2 is 2.50 bits per heavy atom. The summed E-state index contributed by atoms with van der Waals surface area (Å²) in [7, 11) is 0. The van der Waals surface area contributed by atoms with Gasteiger partial charge in [-0.3, -0.25) is 0 Å². The van der Waals surface area contributed by atoms with E-state index in [1.54, 1.807) is 10.9 Å². The molecule has 3 heteroatoms. The topological polar surface area (TPSA) is 30.7 Å². The van der Waals surface area contributed by atoms with E-state index in [0.717, 1.165) is 6.42 Å². The average molecular weight is 137 g/mol. The summed E-state index contributed by atoms with van der Waals surface area (Å²) in [4.78, 5) is 0. The molecule has 0 atom stereocenters. The van der Waals surface area contributed by atoms with Gasteiger partial charge in [0.1, 0.15) is 0 Å². The number of unbranched alkanes of at least 4 members (excludes halogenated alkanes) is 1. The molecule has 1 aromatic rings. The van der Waals surface area contributed by atoms with E-state index in [0.29, 0.717) is 0 Å². The van der Waals surface area contributed by atoms with Gasteiger partial charge < -0.3 is 0 Å². The number of rotatable bonds is 3. The molecule has 0 unspecified atom stereocenters. The van der Waals surface area contributed by atoms with Crippen molar-refractivity contribution in [3.05, 3.63) is 18.5 Å². The van der Waals surface area contributed by atoms with Gasteiger partial charge in [-0.1, -0.05) is 24.6 Å². The first kappa shape index (κ1) is 6.99. The summed E-state index contributed by atoms with van der Waals surface area (Å²) >= 11 is 0. The molecule has 0 amide bonds. The fraction of sp³-hybridized carbons (Fsp3) is 0.429. The van der Waals surface area contributed by atoms with Gasteiger partial charge in [0.2, 0.25) is 0 Å². The molecule has 0 aliphatic heterocycles. The first-order chi connectivity index (χ1) is 4.93. The lowest BCUT2D eigenvalue weighted by Gasteiger charge is -1.86. The Kier molecular flexibility index (Phi) is 2.67. The van der Waals surface area contributed by atoms with Gasteiger partial charge in [-0.2, -0.15) is 0 Å². The van der Waals surface area contributed by atoms with Crippen LogP contribution in [-0.2, 0) is 0 Å². The molecule has 10 heavy (non-hydrogen) atoms. The van der Waals surface area contributed by atoms with Crippen LogP contribution in [0.2, 0.25) is 0 Å². The third-order valence-corrected chi connectivity index (χ3v) is 1.15. The minimum atomic E-state index is 1.10. The van der Waals surface area contributed by atoms with Crippen LogP contribution in [0.4, 0.5) is 0 Å². The molecule has 1 rings (SSSR count). The first-order valence-corrected chi connectivity index (χ1v) is 3.46. The van der Waals surface area contributed by atoms with Crippen molar-refractivity contribution in [2.45, 2.75) is 19.8 Å². The second kappa shape index (κ2) is 3.82. The third kappa shape index (κ3) is 2.01. The Hall–Kier alpha value is -1.12. The second-order valence-corrected chi connectivity index (χ2v) is 2.06. The summed E-state index contributed by atoms with van der Waals surface area (Å²) in [6.07, 6.45) is 9.73. The molecule has 0 N–H and O–H groups in total. The SMILES string of the molecule is CCCC=Cn1ccnn1. The number of allylic oxidation sites excluding steroid dienone is 1. The zero-order chi connectivity index (χ0) is 7.23. The average Bonchev–Trinajstić information content (AvgIpc) is 2.41. The quantitative estimate of drug-likeness (QED) is 0.632. The Balaban J connectivity index is 2.40. The van der Waals surface area contributed by atoms with Crippen LogP contribution < -0.4 is 0 Å². The highest BCUT2D eigenvalue weighted by Crippen LogP contribution is 1.90. The predicted octanol–water partition coefficient (Wildman–Crippen LogP) is 1.55. The molecule has 0 bridgehead atoms. The molecule has 54 valence electrons. The maximum atomic E-state index is 3.77. The van der Waals surface area contributed by atoms with E-state index >= 15 is 0 Å². The molecule has 0 saturated carbocycles. The van der Waals surface area contributed by atoms with Gasteiger partial charge in [0.15, 0.2) is 0 Å². The number of hydrogen-bond acceptors (Lipinski definition) is 2. The van der Waals surface area contributed by atoms with E-state index < -0.39 is 0 Å². The molecular formula is C7H11N3. The van der Waals surface area contributed by atoms with Crippen LogP contribution >= 0.6 is 0 Å². The summed E-state index contributed by atoms with van der Waals surface area (Å²) < 4.78 is 1.69. The Labute approximate surface area is 60.4 Å². The van der Waals surface area contributed by atoms with Crippen LogP contribution in [-0.4, -0.2) is 15.0 Å². The minimum Gasteiger partial charge on any atom is -0.228 e. The molecule has 0 fully saturated rings. The van der Waals surface area contributed by atoms with Crippen LogP contribution in [0.25, 0.3) is 6.20 Å². The third-order valence-electron chi connectivity index (χ3n) is 1.15. The lowest BCUT2D eigenvalue weighted by atomic mass is 10.3. The van der Waals surface area contributed by atoms with E-state index in [-0.39, 0.29) is 0 Å². The van der Waals surface area contributed by atoms with Crippen molar-refractivity contribution in [3.63, 3.8) is 0 Å². The van der Waals surface area contributed by atoms with E-state index in [2.05, 4.69) is 23.3 Å². The van der Waals surface area contributed by atoms with Crippen molar-refractivity contribution in [1.82, 2.24) is 15.0 Å². The van der Waals surface area contributed by atoms with Crippen LogP contribution in [0.5, 0.6) is 0 Å². The lowest BCUT2D eigenvalue weighted by Crippen LogP contribution is -1.85. The number of nitrogens with zero attached hydrogens (tertiary/aromatic N) is 3. The standard InChI is InChI=1S/C7H11N3/c1-2-3-4-6-10-7-5-8-9-10/h4-7H,2-3H2,1H3. The van der Waals surface area contributed by atoms with Crippen molar-refractivity contribution in [1.29, 1.82) is 0 Å². The van der Waals surface area contributed by atoms with Crippen LogP contribution in [0.3, 0.4) is 0 Å². The summed E-state index contributed by atoms with van der Waals surface area (Å²) in [5, 5.41) is 7.43. The highest BCUT2D eigenvalue weighted by Gasteiger charge is 1.79. The molecule has 0 aliphatic rings. The number of aromatic nitrogens is 3. The van der Waals surface area contributed by atoms with Crippen molar-refractivity contribution >= 4 is 6.20 Å². The van der Waals surface area contributed by atoms with Crippen molar-refractivity contribution < 1.29 is 0 Å². The summed E-state index contributed by atoms with van der Waals surface area (Å²) in [5.41, 5.74) is 0. The van der Waals surface area contributed by atoms with Gasteiger partial charge >= 0.3 is 0 Å². The van der Waals surface area contributed by atoms with Crippen molar-refractivity contribution in [2.75, 3.05) is 0 Å². The zero-order valence-corrected chi connectivity index (χ0v) is 6.07. The Morgan fingerprint density at radius 3 is 3.10 bits per heavy atom. The molecule has 0 saturated heterocycles. The van der Waals surface area contributed by atoms with Gasteiger partial charge in [-0.15, -0.1) is 5.10 Å². The van der Waals surface area contributed by atoms with Gasteiger partial charge in [0.25, 0.3) is 0 Å². The highest BCUT2D eigenvalue weighted by molar-refractivity contribution is 5.17. The summed E-state index contributed by atoms with van der Waals surface area (Å²) in [6.45, 7) is 2.14. The largest absolute Gasteiger partial charge is 0.228 e. The van der Waals surface area contributed by atoms with E-state index in [1.165, 1.54) is 6.42 Å². The highest BCUT2D eigenvalue weighted by atomic mass is 15.4. The van der Waals surface area contributed by atoms with Gasteiger partial charge in [-0.25, -0.2) is 4.68 Å². The molecule has 1 aromatic heterocycles.